The molecule has 3 atom stereocenters. The lowest BCUT2D eigenvalue weighted by Gasteiger charge is -2.34. The zero-order valence-corrected chi connectivity index (χ0v) is 20.8. The number of aryl methyl sites for hydroxylation is 1. The van der Waals surface area contributed by atoms with Crippen molar-refractivity contribution in [3.63, 3.8) is 0 Å². The lowest BCUT2D eigenvalue weighted by molar-refractivity contribution is 0.0150. The van der Waals surface area contributed by atoms with Gasteiger partial charge in [0.2, 0.25) is 0 Å². The molecule has 1 aromatic heterocycles. The fraction of sp³-hybridized carbons (Fsp3) is 0.545. The molecule has 1 aromatic carbocycles. The van der Waals surface area contributed by atoms with Crippen LogP contribution in [0.5, 0.6) is 5.75 Å². The van der Waals surface area contributed by atoms with E-state index in [4.69, 9.17) is 9.47 Å². The van der Waals surface area contributed by atoms with Crippen molar-refractivity contribution < 1.29 is 22.7 Å². The van der Waals surface area contributed by atoms with Crippen LogP contribution in [0.3, 0.4) is 0 Å². The topological polar surface area (TPSA) is 106 Å². The molecule has 0 aliphatic carbocycles. The van der Waals surface area contributed by atoms with Crippen molar-refractivity contribution >= 4 is 21.6 Å². The number of ether oxygens (including phenoxy) is 2. The molecule has 1 amide bonds. The molecule has 0 spiro atoms. The molecule has 33 heavy (non-hydrogen) atoms. The van der Waals surface area contributed by atoms with Crippen LogP contribution in [0, 0.1) is 5.92 Å². The molecule has 3 rings (SSSR count). The van der Waals surface area contributed by atoms with Crippen LogP contribution >= 0.6 is 0 Å². The number of imidazole rings is 1. The van der Waals surface area contributed by atoms with Crippen molar-refractivity contribution in [2.24, 2.45) is 13.0 Å². The van der Waals surface area contributed by atoms with Crippen LogP contribution in [0.15, 0.2) is 35.7 Å². The van der Waals surface area contributed by atoms with Gasteiger partial charge in [-0.2, -0.15) is 8.42 Å². The molecule has 1 N–H and O–H groups in total. The highest BCUT2D eigenvalue weighted by molar-refractivity contribution is 7.92. The summed E-state index contributed by atoms with van der Waals surface area (Å²) in [6.07, 6.45) is 2.70. The zero-order valence-electron chi connectivity index (χ0n) is 20.0. The Bertz CT molecular complexity index is 1090. The van der Waals surface area contributed by atoms with Gasteiger partial charge in [0.25, 0.3) is 15.9 Å². The van der Waals surface area contributed by atoms with Crippen molar-refractivity contribution in [1.82, 2.24) is 19.4 Å². The molecule has 0 unspecified atom stereocenters. The van der Waals surface area contributed by atoms with E-state index in [-0.39, 0.29) is 34.7 Å². The largest absolute Gasteiger partial charge is 0.491 e. The Morgan fingerprint density at radius 3 is 2.55 bits per heavy atom. The predicted molar refractivity (Wildman–Crippen MR) is 125 cm³/mol. The predicted octanol–water partition coefficient (Wildman–Crippen LogP) is 1.66. The van der Waals surface area contributed by atoms with E-state index in [1.165, 1.54) is 18.6 Å². The number of methoxy groups -OCH3 is 1. The Morgan fingerprint density at radius 1 is 1.18 bits per heavy atom. The molecule has 10 nitrogen and oxygen atoms in total. The van der Waals surface area contributed by atoms with E-state index in [9.17, 15) is 13.2 Å². The molecule has 0 radical (unpaired) electrons. The van der Waals surface area contributed by atoms with E-state index in [2.05, 4.69) is 21.5 Å². The number of aromatic nitrogens is 2. The minimum absolute atomic E-state index is 0.0685. The lowest BCUT2D eigenvalue weighted by Crippen LogP contribution is -2.45. The number of nitrogens with zero attached hydrogens (tertiary/aromatic N) is 4. The van der Waals surface area contributed by atoms with Gasteiger partial charge >= 0.3 is 0 Å². The zero-order chi connectivity index (χ0) is 24.3. The average molecular weight is 480 g/mol. The Labute approximate surface area is 195 Å². The first kappa shape index (κ1) is 25.0. The normalized spacial score (nSPS) is 23.3. The summed E-state index contributed by atoms with van der Waals surface area (Å²) in [5.41, 5.74) is 0.641. The number of amides is 1. The Kier molecular flexibility index (Phi) is 7.65. The first-order chi connectivity index (χ1) is 15.5. The SMILES string of the molecule is CO[C@H]1CN(C)C(=O)c2ccc(NS(=O)(=O)c3cn(C)cn3)cc2OC[C@@H](C)N(C)C[C@@H]1C. The highest BCUT2D eigenvalue weighted by Gasteiger charge is 2.27. The number of sulfonamides is 1. The first-order valence-corrected chi connectivity index (χ1v) is 12.3. The summed E-state index contributed by atoms with van der Waals surface area (Å²) in [5, 5.41) is -0.0931. The molecule has 0 saturated carbocycles. The molecular weight excluding hydrogens is 446 g/mol. The fourth-order valence-corrected chi connectivity index (χ4v) is 4.78. The van der Waals surface area contributed by atoms with Crippen LogP contribution in [0.1, 0.15) is 24.2 Å². The number of hydrogen-bond acceptors (Lipinski definition) is 7. The number of carbonyl (C=O) groups is 1. The Hall–Kier alpha value is -2.63. The van der Waals surface area contributed by atoms with Crippen LogP contribution in [-0.4, -0.2) is 86.7 Å². The number of fused-ring (bicyclic) bond motifs is 1. The summed E-state index contributed by atoms with van der Waals surface area (Å²) in [5.74, 6) is 0.302. The van der Waals surface area contributed by atoms with Crippen LogP contribution in [-0.2, 0) is 21.8 Å². The number of nitrogens with one attached hydrogen (secondary N) is 1. The van der Waals surface area contributed by atoms with Gasteiger partial charge in [-0.05, 0) is 32.0 Å². The quantitative estimate of drug-likeness (QED) is 0.711. The maximum Gasteiger partial charge on any atom is 0.280 e. The summed E-state index contributed by atoms with van der Waals surface area (Å²) in [7, 11) is 3.22. The van der Waals surface area contributed by atoms with Gasteiger partial charge in [0.15, 0.2) is 5.03 Å². The second-order valence-corrected chi connectivity index (χ2v) is 10.4. The molecule has 2 heterocycles. The number of anilines is 1. The monoisotopic (exact) mass is 479 g/mol. The van der Waals surface area contributed by atoms with Gasteiger partial charge in [-0.1, -0.05) is 6.92 Å². The summed E-state index contributed by atoms with van der Waals surface area (Å²) in [4.78, 5) is 20.9. The number of hydrogen-bond donors (Lipinski definition) is 1. The highest BCUT2D eigenvalue weighted by Crippen LogP contribution is 2.27. The third-order valence-corrected chi connectivity index (χ3v) is 7.23. The van der Waals surface area contributed by atoms with Crippen molar-refractivity contribution in [1.29, 1.82) is 0 Å². The molecule has 2 aromatic rings. The molecule has 1 aliphatic heterocycles. The molecule has 0 fully saturated rings. The summed E-state index contributed by atoms with van der Waals surface area (Å²) >= 11 is 0. The smallest absolute Gasteiger partial charge is 0.280 e. The summed E-state index contributed by atoms with van der Waals surface area (Å²) in [6.45, 7) is 5.69. The Morgan fingerprint density at radius 2 is 1.91 bits per heavy atom. The van der Waals surface area contributed by atoms with Gasteiger partial charge in [-0.3, -0.25) is 14.4 Å². The molecule has 182 valence electrons. The number of benzene rings is 1. The highest BCUT2D eigenvalue weighted by atomic mass is 32.2. The molecule has 1 aliphatic rings. The van der Waals surface area contributed by atoms with Crippen LogP contribution in [0.2, 0.25) is 0 Å². The van der Waals surface area contributed by atoms with E-state index >= 15 is 0 Å². The van der Waals surface area contributed by atoms with Crippen LogP contribution in [0.25, 0.3) is 0 Å². The van der Waals surface area contributed by atoms with E-state index in [1.54, 1.807) is 42.8 Å². The molecule has 0 bridgehead atoms. The van der Waals surface area contributed by atoms with E-state index in [0.717, 1.165) is 6.54 Å². The summed E-state index contributed by atoms with van der Waals surface area (Å²) in [6, 6.07) is 4.73. The number of rotatable bonds is 4. The van der Waals surface area contributed by atoms with Gasteiger partial charge in [0.05, 0.1) is 23.7 Å². The van der Waals surface area contributed by atoms with E-state index in [0.29, 0.717) is 24.5 Å². The summed E-state index contributed by atoms with van der Waals surface area (Å²) < 4.78 is 41.1. The minimum Gasteiger partial charge on any atom is -0.491 e. The van der Waals surface area contributed by atoms with Crippen molar-refractivity contribution in [2.75, 3.05) is 45.6 Å². The third-order valence-electron chi connectivity index (χ3n) is 5.97. The number of likely N-dealkylation sites (N-methyl/N-ethyl adjacent to an activating group) is 2. The van der Waals surface area contributed by atoms with Crippen molar-refractivity contribution in [3.05, 3.63) is 36.3 Å². The van der Waals surface area contributed by atoms with Crippen molar-refractivity contribution in [3.8, 4) is 5.75 Å². The van der Waals surface area contributed by atoms with Gasteiger partial charge in [0, 0.05) is 52.6 Å². The second-order valence-electron chi connectivity index (χ2n) is 8.73. The molecule has 0 saturated heterocycles. The maximum atomic E-state index is 13.2. The van der Waals surface area contributed by atoms with Gasteiger partial charge in [0.1, 0.15) is 12.4 Å². The lowest BCUT2D eigenvalue weighted by atomic mass is 10.0. The van der Waals surface area contributed by atoms with E-state index < -0.39 is 10.0 Å². The van der Waals surface area contributed by atoms with Crippen LogP contribution in [0.4, 0.5) is 5.69 Å². The third kappa shape index (κ3) is 5.84. The van der Waals surface area contributed by atoms with Gasteiger partial charge in [-0.15, -0.1) is 0 Å². The Balaban J connectivity index is 1.94. The van der Waals surface area contributed by atoms with Gasteiger partial charge in [-0.25, -0.2) is 4.98 Å². The minimum atomic E-state index is -3.88. The van der Waals surface area contributed by atoms with Crippen molar-refractivity contribution in [2.45, 2.75) is 31.0 Å². The van der Waals surface area contributed by atoms with E-state index in [1.807, 2.05) is 14.0 Å². The first-order valence-electron chi connectivity index (χ1n) is 10.8. The fourth-order valence-electron chi connectivity index (χ4n) is 3.75. The average Bonchev–Trinajstić information content (AvgIpc) is 3.21. The molecule has 11 heteroatoms. The van der Waals surface area contributed by atoms with Gasteiger partial charge < -0.3 is 18.9 Å². The second kappa shape index (κ2) is 10.1. The number of carbonyl (C=O) groups excluding carboxylic acids is 1. The molecular formula is C22H33N5O5S. The van der Waals surface area contributed by atoms with Crippen LogP contribution < -0.4 is 9.46 Å². The standard InChI is InChI=1S/C22H33N5O5S/c1-15-10-26(4)16(2)13-32-19-9-17(24-33(29,30)21-12-25(3)14-23-21)7-8-18(19)22(28)27(5)11-20(15)31-6/h7-9,12,14-16,20,24H,10-11,13H2,1-6H3/t15-,16+,20-/m0/s1. The maximum absolute atomic E-state index is 13.2.